The molecule has 20 heavy (non-hydrogen) atoms. The molecule has 1 heterocycles. The molecule has 0 aliphatic carbocycles. The van der Waals surface area contributed by atoms with Crippen molar-refractivity contribution in [3.8, 4) is 11.5 Å². The molecule has 2 N–H and O–H groups in total. The van der Waals surface area contributed by atoms with Crippen LogP contribution in [0, 0.1) is 13.8 Å². The SMILES string of the molecule is Cc1ccc(OC2COc3ccccc3C2N)cc1C. The lowest BCUT2D eigenvalue weighted by atomic mass is 9.99. The summed E-state index contributed by atoms with van der Waals surface area (Å²) >= 11 is 0. The lowest BCUT2D eigenvalue weighted by Crippen LogP contribution is -2.40. The number of rotatable bonds is 2. The van der Waals surface area contributed by atoms with E-state index < -0.39 is 0 Å². The second-order valence-corrected chi connectivity index (χ2v) is 5.28. The zero-order chi connectivity index (χ0) is 14.1. The molecule has 0 spiro atoms. The number of aryl methyl sites for hydroxylation is 2. The standard InChI is InChI=1S/C17H19NO2/c1-11-7-8-13(9-12(11)2)20-16-10-19-15-6-4-3-5-14(15)17(16)18/h3-9,16-17H,10,18H2,1-2H3. The molecule has 1 aliphatic heterocycles. The van der Waals surface area contributed by atoms with Gasteiger partial charge in [0.25, 0.3) is 0 Å². The Balaban J connectivity index is 1.81. The summed E-state index contributed by atoms with van der Waals surface area (Å²) in [6, 6.07) is 13.8. The van der Waals surface area contributed by atoms with E-state index in [2.05, 4.69) is 19.9 Å². The molecule has 0 aromatic heterocycles. The van der Waals surface area contributed by atoms with Crippen LogP contribution < -0.4 is 15.2 Å². The average Bonchev–Trinajstić information content (AvgIpc) is 2.46. The minimum Gasteiger partial charge on any atom is -0.489 e. The van der Waals surface area contributed by atoms with E-state index in [0.29, 0.717) is 6.61 Å². The van der Waals surface area contributed by atoms with E-state index in [0.717, 1.165) is 17.1 Å². The molecule has 0 radical (unpaired) electrons. The summed E-state index contributed by atoms with van der Waals surface area (Å²) in [6.07, 6.45) is -0.160. The monoisotopic (exact) mass is 269 g/mol. The van der Waals surface area contributed by atoms with Gasteiger partial charge < -0.3 is 15.2 Å². The molecule has 3 rings (SSSR count). The molecule has 2 aromatic rings. The number of para-hydroxylation sites is 1. The van der Waals surface area contributed by atoms with E-state index in [1.165, 1.54) is 11.1 Å². The van der Waals surface area contributed by atoms with Gasteiger partial charge in [0.15, 0.2) is 6.10 Å². The average molecular weight is 269 g/mol. The van der Waals surface area contributed by atoms with Crippen molar-refractivity contribution in [3.63, 3.8) is 0 Å². The molecule has 2 atom stereocenters. The lowest BCUT2D eigenvalue weighted by Gasteiger charge is -2.31. The van der Waals surface area contributed by atoms with Crippen molar-refractivity contribution in [3.05, 3.63) is 59.2 Å². The fourth-order valence-corrected chi connectivity index (χ4v) is 2.43. The maximum absolute atomic E-state index is 6.30. The highest BCUT2D eigenvalue weighted by atomic mass is 16.5. The van der Waals surface area contributed by atoms with Crippen LogP contribution in [0.2, 0.25) is 0 Å². The van der Waals surface area contributed by atoms with Crippen LogP contribution in [0.1, 0.15) is 22.7 Å². The first-order chi connectivity index (χ1) is 9.65. The molecule has 2 unspecified atom stereocenters. The zero-order valence-corrected chi connectivity index (χ0v) is 11.8. The Labute approximate surface area is 119 Å². The van der Waals surface area contributed by atoms with E-state index in [4.69, 9.17) is 15.2 Å². The van der Waals surface area contributed by atoms with Gasteiger partial charge >= 0.3 is 0 Å². The Morgan fingerprint density at radius 2 is 1.90 bits per heavy atom. The molecule has 3 heteroatoms. The summed E-state index contributed by atoms with van der Waals surface area (Å²) in [5.41, 5.74) is 9.78. The van der Waals surface area contributed by atoms with Crippen LogP contribution in [0.3, 0.4) is 0 Å². The zero-order valence-electron chi connectivity index (χ0n) is 11.8. The van der Waals surface area contributed by atoms with Crippen LogP contribution >= 0.6 is 0 Å². The second kappa shape index (κ2) is 5.17. The Morgan fingerprint density at radius 1 is 1.10 bits per heavy atom. The number of nitrogens with two attached hydrogens (primary N) is 1. The molecule has 2 aromatic carbocycles. The van der Waals surface area contributed by atoms with Gasteiger partial charge in [0.1, 0.15) is 18.1 Å². The van der Waals surface area contributed by atoms with Crippen molar-refractivity contribution in [1.82, 2.24) is 0 Å². The highest BCUT2D eigenvalue weighted by Gasteiger charge is 2.29. The van der Waals surface area contributed by atoms with Crippen molar-refractivity contribution in [1.29, 1.82) is 0 Å². The van der Waals surface area contributed by atoms with Crippen LogP contribution in [0.15, 0.2) is 42.5 Å². The van der Waals surface area contributed by atoms with Crippen molar-refractivity contribution >= 4 is 0 Å². The third-order valence-electron chi connectivity index (χ3n) is 3.85. The van der Waals surface area contributed by atoms with Crippen LogP contribution in [0.4, 0.5) is 0 Å². The lowest BCUT2D eigenvalue weighted by molar-refractivity contribution is 0.0877. The van der Waals surface area contributed by atoms with Crippen LogP contribution in [0.5, 0.6) is 11.5 Å². The summed E-state index contributed by atoms with van der Waals surface area (Å²) in [4.78, 5) is 0. The van der Waals surface area contributed by atoms with Gasteiger partial charge in [-0.3, -0.25) is 0 Å². The highest BCUT2D eigenvalue weighted by molar-refractivity contribution is 5.39. The van der Waals surface area contributed by atoms with E-state index >= 15 is 0 Å². The summed E-state index contributed by atoms with van der Waals surface area (Å²) in [7, 11) is 0. The Morgan fingerprint density at radius 3 is 2.70 bits per heavy atom. The van der Waals surface area contributed by atoms with E-state index in [9.17, 15) is 0 Å². The van der Waals surface area contributed by atoms with Gasteiger partial charge in [0, 0.05) is 5.56 Å². The van der Waals surface area contributed by atoms with Gasteiger partial charge in [-0.2, -0.15) is 0 Å². The minimum atomic E-state index is -0.165. The van der Waals surface area contributed by atoms with Gasteiger partial charge in [-0.1, -0.05) is 24.3 Å². The molecule has 0 bridgehead atoms. The fraction of sp³-hybridized carbons (Fsp3) is 0.294. The van der Waals surface area contributed by atoms with Gasteiger partial charge in [-0.25, -0.2) is 0 Å². The summed E-state index contributed by atoms with van der Waals surface area (Å²) in [5, 5.41) is 0. The molecule has 1 aliphatic rings. The normalized spacial score (nSPS) is 20.9. The van der Waals surface area contributed by atoms with Gasteiger partial charge in [-0.15, -0.1) is 0 Å². The minimum absolute atomic E-state index is 0.160. The molecular formula is C17H19NO2. The Bertz CT molecular complexity index is 624. The second-order valence-electron chi connectivity index (χ2n) is 5.28. The third-order valence-corrected chi connectivity index (χ3v) is 3.85. The number of hydrogen-bond donors (Lipinski definition) is 1. The predicted molar refractivity (Wildman–Crippen MR) is 79.2 cm³/mol. The third kappa shape index (κ3) is 2.37. The van der Waals surface area contributed by atoms with Crippen LogP contribution in [0.25, 0.3) is 0 Å². The smallest absolute Gasteiger partial charge is 0.152 e. The molecule has 3 nitrogen and oxygen atoms in total. The van der Waals surface area contributed by atoms with Crippen molar-refractivity contribution in [2.75, 3.05) is 6.61 Å². The maximum Gasteiger partial charge on any atom is 0.152 e. The first kappa shape index (κ1) is 13.0. The molecule has 0 amide bonds. The topological polar surface area (TPSA) is 44.5 Å². The number of ether oxygens (including phenoxy) is 2. The number of benzene rings is 2. The summed E-state index contributed by atoms with van der Waals surface area (Å²) in [5.74, 6) is 1.71. The van der Waals surface area contributed by atoms with Gasteiger partial charge in [0.2, 0.25) is 0 Å². The number of hydrogen-bond acceptors (Lipinski definition) is 3. The first-order valence-electron chi connectivity index (χ1n) is 6.86. The van der Waals surface area contributed by atoms with Crippen LogP contribution in [-0.4, -0.2) is 12.7 Å². The Hall–Kier alpha value is -2.00. The highest BCUT2D eigenvalue weighted by Crippen LogP contribution is 2.32. The maximum atomic E-state index is 6.30. The van der Waals surface area contributed by atoms with Crippen molar-refractivity contribution < 1.29 is 9.47 Å². The molecular weight excluding hydrogens is 250 g/mol. The largest absolute Gasteiger partial charge is 0.489 e. The Kier molecular flexibility index (Phi) is 3.36. The fourth-order valence-electron chi connectivity index (χ4n) is 2.43. The molecule has 0 saturated heterocycles. The van der Waals surface area contributed by atoms with Crippen molar-refractivity contribution in [2.45, 2.75) is 26.0 Å². The quantitative estimate of drug-likeness (QED) is 0.911. The predicted octanol–water partition coefficient (Wildman–Crippen LogP) is 3.14. The molecule has 0 fully saturated rings. The molecule has 0 saturated carbocycles. The van der Waals surface area contributed by atoms with E-state index in [-0.39, 0.29) is 12.1 Å². The van der Waals surface area contributed by atoms with E-state index in [1.807, 2.05) is 36.4 Å². The first-order valence-corrected chi connectivity index (χ1v) is 6.86. The summed E-state index contributed by atoms with van der Waals surface area (Å²) < 4.78 is 11.7. The number of fused-ring (bicyclic) bond motifs is 1. The summed E-state index contributed by atoms with van der Waals surface area (Å²) in [6.45, 7) is 4.64. The van der Waals surface area contributed by atoms with Gasteiger partial charge in [-0.05, 0) is 43.2 Å². The van der Waals surface area contributed by atoms with Crippen molar-refractivity contribution in [2.24, 2.45) is 5.73 Å². The van der Waals surface area contributed by atoms with Gasteiger partial charge in [0.05, 0.1) is 6.04 Å². The van der Waals surface area contributed by atoms with Crippen LogP contribution in [-0.2, 0) is 0 Å². The van der Waals surface area contributed by atoms with E-state index in [1.54, 1.807) is 0 Å². The molecule has 104 valence electrons.